The van der Waals surface area contributed by atoms with Crippen molar-refractivity contribution in [3.05, 3.63) is 94.9 Å². The van der Waals surface area contributed by atoms with E-state index in [1.807, 2.05) is 24.3 Å². The molecule has 28 heavy (non-hydrogen) atoms. The van der Waals surface area contributed by atoms with Crippen molar-refractivity contribution in [2.75, 3.05) is 0 Å². The Hall–Kier alpha value is -3.87. The second kappa shape index (κ2) is 6.38. The number of hydrogen-bond donors (Lipinski definition) is 0. The predicted molar refractivity (Wildman–Crippen MR) is 103 cm³/mol. The first-order valence-electron chi connectivity index (χ1n) is 8.74. The molecule has 136 valence electrons. The van der Waals surface area contributed by atoms with Crippen molar-refractivity contribution in [3.63, 3.8) is 0 Å². The lowest BCUT2D eigenvalue weighted by Gasteiger charge is -2.07. The van der Waals surface area contributed by atoms with Gasteiger partial charge in [0.05, 0.1) is 12.2 Å². The van der Waals surface area contributed by atoms with Crippen molar-refractivity contribution in [2.24, 2.45) is 0 Å². The molecule has 0 amide bonds. The van der Waals surface area contributed by atoms with Gasteiger partial charge in [0.2, 0.25) is 0 Å². The molecule has 0 aliphatic heterocycles. The average molecular weight is 371 g/mol. The van der Waals surface area contributed by atoms with Crippen LogP contribution in [0.4, 0.5) is 4.39 Å². The van der Waals surface area contributed by atoms with Crippen LogP contribution < -0.4 is 5.56 Å². The molecule has 0 atom stereocenters. The van der Waals surface area contributed by atoms with E-state index >= 15 is 0 Å². The monoisotopic (exact) mass is 371 g/mol. The lowest BCUT2D eigenvalue weighted by molar-refractivity contribution is 0.628. The third-order valence-corrected chi connectivity index (χ3v) is 4.65. The highest BCUT2D eigenvalue weighted by molar-refractivity contribution is 5.81. The van der Waals surface area contributed by atoms with E-state index in [1.165, 1.54) is 12.1 Å². The molecule has 0 aliphatic carbocycles. The molecule has 5 aromatic rings. The molecule has 0 radical (unpaired) electrons. The van der Waals surface area contributed by atoms with Gasteiger partial charge in [-0.2, -0.15) is 9.61 Å². The van der Waals surface area contributed by atoms with Crippen molar-refractivity contribution in [2.45, 2.75) is 6.54 Å². The maximum Gasteiger partial charge on any atom is 0.258 e. The summed E-state index contributed by atoms with van der Waals surface area (Å²) in [5, 5.41) is 14.4. The van der Waals surface area contributed by atoms with Gasteiger partial charge >= 0.3 is 0 Å². The Morgan fingerprint density at radius 3 is 2.71 bits per heavy atom. The first kappa shape index (κ1) is 16.3. The predicted octanol–water partition coefficient (Wildman–Crippen LogP) is 3.29. The molecule has 7 heteroatoms. The first-order valence-corrected chi connectivity index (χ1v) is 8.74. The summed E-state index contributed by atoms with van der Waals surface area (Å²) in [5.74, 6) is 0.191. The maximum absolute atomic E-state index is 13.5. The van der Waals surface area contributed by atoms with Crippen LogP contribution in [0.25, 0.3) is 27.7 Å². The second-order valence-electron chi connectivity index (χ2n) is 6.45. The van der Waals surface area contributed by atoms with Crippen molar-refractivity contribution < 1.29 is 4.39 Å². The molecule has 5 rings (SSSR count). The minimum Gasteiger partial charge on any atom is -0.307 e. The quantitative estimate of drug-likeness (QED) is 0.488. The van der Waals surface area contributed by atoms with Gasteiger partial charge in [0.1, 0.15) is 5.82 Å². The summed E-state index contributed by atoms with van der Waals surface area (Å²) in [6.07, 6.45) is 1.74. The number of hydrogen-bond acceptors (Lipinski definition) is 4. The van der Waals surface area contributed by atoms with Crippen molar-refractivity contribution in [3.8, 4) is 11.3 Å². The van der Waals surface area contributed by atoms with Crippen molar-refractivity contribution in [1.29, 1.82) is 0 Å². The van der Waals surface area contributed by atoms with Gasteiger partial charge in [-0.05, 0) is 41.8 Å². The summed E-state index contributed by atoms with van der Waals surface area (Å²) >= 11 is 0. The molecular formula is C21H14FN5O. The van der Waals surface area contributed by atoms with Crippen LogP contribution in [-0.2, 0) is 6.54 Å². The lowest BCUT2D eigenvalue weighted by Crippen LogP contribution is -2.21. The molecule has 6 nitrogen and oxygen atoms in total. The highest BCUT2D eigenvalue weighted by Gasteiger charge is 2.11. The number of fused-ring (bicyclic) bond motifs is 2. The van der Waals surface area contributed by atoms with Gasteiger partial charge < -0.3 is 4.57 Å². The Kier molecular flexibility index (Phi) is 3.72. The average Bonchev–Trinajstić information content (AvgIpc) is 3.12. The molecule has 0 bridgehead atoms. The zero-order chi connectivity index (χ0) is 19.1. The molecule has 3 heterocycles. The van der Waals surface area contributed by atoms with E-state index in [0.29, 0.717) is 28.1 Å². The zero-order valence-electron chi connectivity index (χ0n) is 14.7. The van der Waals surface area contributed by atoms with E-state index in [2.05, 4.69) is 15.3 Å². The second-order valence-corrected chi connectivity index (χ2v) is 6.45. The van der Waals surface area contributed by atoms with E-state index in [0.717, 1.165) is 5.39 Å². The highest BCUT2D eigenvalue weighted by atomic mass is 19.1. The number of rotatable bonds is 3. The molecule has 0 aliphatic rings. The maximum atomic E-state index is 13.5. The molecule has 0 saturated heterocycles. The third kappa shape index (κ3) is 2.73. The fourth-order valence-electron chi connectivity index (χ4n) is 3.24. The van der Waals surface area contributed by atoms with E-state index in [-0.39, 0.29) is 17.9 Å². The highest BCUT2D eigenvalue weighted by Crippen LogP contribution is 2.18. The van der Waals surface area contributed by atoms with E-state index in [4.69, 9.17) is 0 Å². The molecule has 0 spiro atoms. The van der Waals surface area contributed by atoms with Gasteiger partial charge in [-0.1, -0.05) is 30.3 Å². The van der Waals surface area contributed by atoms with E-state index in [1.54, 1.807) is 45.6 Å². The van der Waals surface area contributed by atoms with Gasteiger partial charge in [-0.15, -0.1) is 10.2 Å². The summed E-state index contributed by atoms with van der Waals surface area (Å²) in [6, 6.07) is 19.1. The SMILES string of the molecule is O=c1c2ccccc2ccn1Cc1nnc2ccc(-c3cccc(F)c3)nn12. The Balaban J connectivity index is 1.59. The molecular weight excluding hydrogens is 357 g/mol. The van der Waals surface area contributed by atoms with Gasteiger partial charge in [0.25, 0.3) is 5.56 Å². The molecule has 2 aromatic carbocycles. The van der Waals surface area contributed by atoms with Crippen molar-refractivity contribution >= 4 is 16.4 Å². The van der Waals surface area contributed by atoms with Gasteiger partial charge in [0, 0.05) is 17.1 Å². The summed E-state index contributed by atoms with van der Waals surface area (Å²) in [7, 11) is 0. The Morgan fingerprint density at radius 1 is 0.929 bits per heavy atom. The number of nitrogens with zero attached hydrogens (tertiary/aromatic N) is 5. The topological polar surface area (TPSA) is 65.1 Å². The molecule has 3 aromatic heterocycles. The van der Waals surface area contributed by atoms with Gasteiger partial charge in [0.15, 0.2) is 11.5 Å². The summed E-state index contributed by atoms with van der Waals surface area (Å²) in [4.78, 5) is 12.8. The zero-order valence-corrected chi connectivity index (χ0v) is 14.7. The number of aromatic nitrogens is 5. The van der Waals surface area contributed by atoms with E-state index < -0.39 is 0 Å². The largest absolute Gasteiger partial charge is 0.307 e. The Bertz CT molecular complexity index is 1390. The smallest absolute Gasteiger partial charge is 0.258 e. The lowest BCUT2D eigenvalue weighted by atomic mass is 10.1. The van der Waals surface area contributed by atoms with Crippen LogP contribution in [0.5, 0.6) is 0 Å². The van der Waals surface area contributed by atoms with E-state index in [9.17, 15) is 9.18 Å². The van der Waals surface area contributed by atoms with Crippen LogP contribution in [-0.4, -0.2) is 24.4 Å². The van der Waals surface area contributed by atoms with Gasteiger partial charge in [-0.25, -0.2) is 4.39 Å². The van der Waals surface area contributed by atoms with Crippen LogP contribution in [0.15, 0.2) is 77.7 Å². The van der Waals surface area contributed by atoms with Crippen LogP contribution in [0.2, 0.25) is 0 Å². The third-order valence-electron chi connectivity index (χ3n) is 4.65. The number of halogens is 1. The molecule has 0 N–H and O–H groups in total. The molecule has 0 unspecified atom stereocenters. The Morgan fingerprint density at radius 2 is 1.82 bits per heavy atom. The number of pyridine rings is 1. The normalized spacial score (nSPS) is 11.3. The summed E-state index contributed by atoms with van der Waals surface area (Å²) < 4.78 is 16.7. The minimum atomic E-state index is -0.328. The summed E-state index contributed by atoms with van der Waals surface area (Å²) in [5.41, 5.74) is 1.71. The van der Waals surface area contributed by atoms with Crippen LogP contribution in [0.3, 0.4) is 0 Å². The fourth-order valence-corrected chi connectivity index (χ4v) is 3.24. The first-order chi connectivity index (χ1) is 13.7. The van der Waals surface area contributed by atoms with Crippen LogP contribution in [0, 0.1) is 5.82 Å². The minimum absolute atomic E-state index is 0.101. The number of benzene rings is 2. The van der Waals surface area contributed by atoms with Crippen LogP contribution in [0.1, 0.15) is 5.82 Å². The molecule has 0 fully saturated rings. The van der Waals surface area contributed by atoms with Crippen LogP contribution >= 0.6 is 0 Å². The Labute approximate surface area is 158 Å². The van der Waals surface area contributed by atoms with Crippen molar-refractivity contribution in [1.82, 2.24) is 24.4 Å². The molecule has 0 saturated carbocycles. The standard InChI is InChI=1S/C21H14FN5O/c22-16-6-3-5-15(12-16)18-8-9-19-23-24-20(27(19)25-18)13-26-11-10-14-4-1-2-7-17(14)21(26)28/h1-12H,13H2. The van der Waals surface area contributed by atoms with Gasteiger partial charge in [-0.3, -0.25) is 4.79 Å². The summed E-state index contributed by atoms with van der Waals surface area (Å²) in [6.45, 7) is 0.227. The fraction of sp³-hybridized carbons (Fsp3) is 0.0476.